The van der Waals surface area contributed by atoms with Crippen LogP contribution in [0, 0.1) is 6.92 Å². The van der Waals surface area contributed by atoms with Crippen LogP contribution in [-0.2, 0) is 0 Å². The zero-order valence-corrected chi connectivity index (χ0v) is 49.4. The van der Waals surface area contributed by atoms with Crippen LogP contribution in [0.3, 0.4) is 0 Å². The molecular formula is C85H52N4O2. The van der Waals surface area contributed by atoms with Crippen LogP contribution in [0.2, 0.25) is 0 Å². The number of fused-ring (bicyclic) bond motifs is 12. The van der Waals surface area contributed by atoms with Crippen LogP contribution in [0.15, 0.2) is 306 Å². The van der Waals surface area contributed by atoms with Crippen molar-refractivity contribution < 1.29 is 8.83 Å². The fourth-order valence-electron chi connectivity index (χ4n) is 14.8. The van der Waals surface area contributed by atoms with Crippen LogP contribution in [0.5, 0.6) is 0 Å². The Morgan fingerprint density at radius 2 is 0.615 bits per heavy atom. The molecule has 19 rings (SSSR count). The molecule has 0 aliphatic heterocycles. The standard InChI is InChI=1S/C85H52N4O2/c1-51-86-74-46-39-55(48-76(74)88(51)59-40-33-52(34-41-59)81-65-21-2-6-25-69(65)83(70-26-7-3-22-66(70)81)56-37-44-63-61-19-10-14-31-77(61)90-79(63)49-56)54-17-16-18-58(47-54)85-87-73-29-12-13-30-75(73)89(85)60-42-35-53(36-43-60)82-67-23-4-8-27-71(67)84(72-28-9-5-24-68(72)82)57-38-45-64-62-20-11-15-32-78(62)91-80(64)50-57/h2-50H,1H3. The maximum Gasteiger partial charge on any atom is 0.145 e. The van der Waals surface area contributed by atoms with Gasteiger partial charge in [0.15, 0.2) is 0 Å². The highest BCUT2D eigenvalue weighted by Crippen LogP contribution is 2.48. The van der Waals surface area contributed by atoms with Crippen molar-refractivity contribution in [2.75, 3.05) is 0 Å². The van der Waals surface area contributed by atoms with Crippen molar-refractivity contribution in [2.24, 2.45) is 0 Å². The summed E-state index contributed by atoms with van der Waals surface area (Å²) in [5, 5.41) is 14.1. The summed E-state index contributed by atoms with van der Waals surface area (Å²) in [5.74, 6) is 1.80. The minimum absolute atomic E-state index is 0.874. The summed E-state index contributed by atoms with van der Waals surface area (Å²) in [6.07, 6.45) is 0. The van der Waals surface area contributed by atoms with Gasteiger partial charge in [0.2, 0.25) is 0 Å². The van der Waals surface area contributed by atoms with E-state index in [1.165, 1.54) is 65.3 Å². The second-order valence-corrected chi connectivity index (χ2v) is 23.9. The summed E-state index contributed by atoms with van der Waals surface area (Å²) in [6, 6.07) is 107. The van der Waals surface area contributed by atoms with Crippen molar-refractivity contribution in [3.05, 3.63) is 303 Å². The van der Waals surface area contributed by atoms with Crippen molar-refractivity contribution in [3.8, 4) is 78.4 Å². The first-order chi connectivity index (χ1) is 45.0. The number of nitrogens with zero attached hydrogens (tertiary/aromatic N) is 4. The van der Waals surface area contributed by atoms with Gasteiger partial charge in [0, 0.05) is 38.5 Å². The molecule has 0 radical (unpaired) electrons. The number of imidazole rings is 2. The topological polar surface area (TPSA) is 61.9 Å². The van der Waals surface area contributed by atoms with E-state index >= 15 is 0 Å². The molecular weight excluding hydrogens is 1110 g/mol. The average molecular weight is 1160 g/mol. The number of benzene rings is 15. The van der Waals surface area contributed by atoms with E-state index in [2.05, 4.69) is 289 Å². The van der Waals surface area contributed by atoms with Crippen LogP contribution in [0.25, 0.3) is 187 Å². The molecule has 6 nitrogen and oxygen atoms in total. The Bertz CT molecular complexity index is 6100. The number of para-hydroxylation sites is 4. The van der Waals surface area contributed by atoms with Gasteiger partial charge >= 0.3 is 0 Å². The van der Waals surface area contributed by atoms with Gasteiger partial charge in [-0.1, -0.05) is 206 Å². The number of furan rings is 2. The maximum atomic E-state index is 6.43. The van der Waals surface area contributed by atoms with Gasteiger partial charge in [0.25, 0.3) is 0 Å². The predicted molar refractivity (Wildman–Crippen MR) is 378 cm³/mol. The van der Waals surface area contributed by atoms with E-state index in [-0.39, 0.29) is 0 Å². The van der Waals surface area contributed by atoms with E-state index in [9.17, 15) is 0 Å². The van der Waals surface area contributed by atoms with Crippen LogP contribution >= 0.6 is 0 Å². The monoisotopic (exact) mass is 1160 g/mol. The van der Waals surface area contributed by atoms with Crippen molar-refractivity contribution >= 4 is 109 Å². The number of hydrogen-bond acceptors (Lipinski definition) is 4. The molecule has 0 bridgehead atoms. The molecule has 0 N–H and O–H groups in total. The van der Waals surface area contributed by atoms with Gasteiger partial charge in [-0.25, -0.2) is 9.97 Å². The highest BCUT2D eigenvalue weighted by molar-refractivity contribution is 6.24. The summed E-state index contributed by atoms with van der Waals surface area (Å²) in [5.41, 5.74) is 22.2. The van der Waals surface area contributed by atoms with Crippen LogP contribution < -0.4 is 0 Å². The molecule has 4 aromatic heterocycles. The number of rotatable bonds is 8. The molecule has 0 spiro atoms. The summed E-state index contributed by atoms with van der Waals surface area (Å²) >= 11 is 0. The van der Waals surface area contributed by atoms with Gasteiger partial charge < -0.3 is 8.83 Å². The van der Waals surface area contributed by atoms with Gasteiger partial charge in [-0.15, -0.1) is 0 Å². The summed E-state index contributed by atoms with van der Waals surface area (Å²) in [4.78, 5) is 10.5. The molecule has 4 heterocycles. The van der Waals surface area contributed by atoms with Crippen LogP contribution in [-0.4, -0.2) is 19.1 Å². The van der Waals surface area contributed by atoms with Crippen molar-refractivity contribution in [2.45, 2.75) is 6.92 Å². The minimum Gasteiger partial charge on any atom is -0.456 e. The first-order valence-corrected chi connectivity index (χ1v) is 31.0. The Morgan fingerprint density at radius 3 is 1.12 bits per heavy atom. The third-order valence-electron chi connectivity index (χ3n) is 18.9. The Balaban J connectivity index is 0.669. The average Bonchev–Trinajstić information content (AvgIpc) is 1.44. The fraction of sp³-hybridized carbons (Fsp3) is 0.0118. The first-order valence-electron chi connectivity index (χ1n) is 31.0. The zero-order valence-electron chi connectivity index (χ0n) is 49.4. The van der Waals surface area contributed by atoms with Crippen molar-refractivity contribution in [1.82, 2.24) is 19.1 Å². The van der Waals surface area contributed by atoms with Crippen LogP contribution in [0.4, 0.5) is 0 Å². The van der Waals surface area contributed by atoms with Crippen LogP contribution in [0.1, 0.15) is 5.82 Å². The molecule has 0 atom stereocenters. The minimum atomic E-state index is 0.874. The quantitative estimate of drug-likeness (QED) is 0.142. The maximum absolute atomic E-state index is 6.43. The lowest BCUT2D eigenvalue weighted by Gasteiger charge is -2.18. The molecule has 0 aliphatic carbocycles. The summed E-state index contributed by atoms with van der Waals surface area (Å²) in [6.45, 7) is 2.10. The van der Waals surface area contributed by atoms with Gasteiger partial charge in [-0.05, 0) is 197 Å². The van der Waals surface area contributed by atoms with E-state index < -0.39 is 0 Å². The number of aryl methyl sites for hydroxylation is 1. The van der Waals surface area contributed by atoms with Gasteiger partial charge in [0.05, 0.1) is 22.1 Å². The Kier molecular flexibility index (Phi) is 11.2. The van der Waals surface area contributed by atoms with E-state index in [0.717, 1.165) is 128 Å². The summed E-state index contributed by atoms with van der Waals surface area (Å²) in [7, 11) is 0. The molecule has 15 aromatic carbocycles. The normalized spacial score (nSPS) is 12.0. The van der Waals surface area contributed by atoms with Gasteiger partial charge in [-0.2, -0.15) is 0 Å². The largest absolute Gasteiger partial charge is 0.456 e. The molecule has 0 fully saturated rings. The smallest absolute Gasteiger partial charge is 0.145 e. The second kappa shape index (κ2) is 20.0. The van der Waals surface area contributed by atoms with Gasteiger partial charge in [0.1, 0.15) is 34.0 Å². The molecule has 0 saturated heterocycles. The lowest BCUT2D eigenvalue weighted by Crippen LogP contribution is -1.98. The molecule has 0 unspecified atom stereocenters. The Morgan fingerprint density at radius 1 is 0.242 bits per heavy atom. The SMILES string of the molecule is Cc1nc2ccc(-c3cccc(-c4nc5ccccc5n4-c4ccc(-c5c6ccccc6c(-c6ccc7c(c6)oc6ccccc67)c6ccccc56)cc4)c3)cc2n1-c1ccc(-c2c3ccccc3c(-c3ccc4c(c3)oc3ccccc34)c3ccccc23)cc1. The highest BCUT2D eigenvalue weighted by atomic mass is 16.3. The molecule has 6 heteroatoms. The molecule has 424 valence electrons. The third-order valence-corrected chi connectivity index (χ3v) is 18.9. The van der Waals surface area contributed by atoms with Gasteiger partial charge in [-0.3, -0.25) is 9.13 Å². The first kappa shape index (κ1) is 51.0. The second-order valence-electron chi connectivity index (χ2n) is 23.9. The summed E-state index contributed by atoms with van der Waals surface area (Å²) < 4.78 is 17.4. The molecule has 91 heavy (non-hydrogen) atoms. The lowest BCUT2D eigenvalue weighted by atomic mass is 9.86. The van der Waals surface area contributed by atoms with E-state index in [1.54, 1.807) is 0 Å². The molecule has 0 aliphatic rings. The predicted octanol–water partition coefficient (Wildman–Crippen LogP) is 23.1. The zero-order chi connectivity index (χ0) is 59.8. The fourth-order valence-corrected chi connectivity index (χ4v) is 14.8. The highest BCUT2D eigenvalue weighted by Gasteiger charge is 2.23. The van der Waals surface area contributed by atoms with Crippen molar-refractivity contribution in [1.29, 1.82) is 0 Å². The number of hydrogen-bond donors (Lipinski definition) is 0. The lowest BCUT2D eigenvalue weighted by molar-refractivity contribution is 0.668. The van der Waals surface area contributed by atoms with Crippen molar-refractivity contribution in [3.63, 3.8) is 0 Å². The van der Waals surface area contributed by atoms with E-state index in [1.807, 2.05) is 24.3 Å². The van der Waals surface area contributed by atoms with E-state index in [4.69, 9.17) is 18.8 Å². The molecule has 0 amide bonds. The number of aromatic nitrogens is 4. The third kappa shape index (κ3) is 7.92. The molecule has 19 aromatic rings. The van der Waals surface area contributed by atoms with E-state index in [0.29, 0.717) is 0 Å². The Labute approximate surface area is 522 Å². The molecule has 0 saturated carbocycles. The Hall–Kier alpha value is -12.1.